The molecule has 3 nitrogen and oxygen atoms in total. The topological polar surface area (TPSA) is 49.3 Å². The SMILES string of the molecule is O=C(O)c1ccc(NCc2ccc(Cl)cc2)cc1Br. The zero-order valence-corrected chi connectivity index (χ0v) is 12.2. The average molecular weight is 341 g/mol. The van der Waals surface area contributed by atoms with E-state index in [4.69, 9.17) is 16.7 Å². The van der Waals surface area contributed by atoms with Crippen molar-refractivity contribution in [3.8, 4) is 0 Å². The highest BCUT2D eigenvalue weighted by atomic mass is 79.9. The third-order valence-corrected chi connectivity index (χ3v) is 3.52. The average Bonchev–Trinajstić information content (AvgIpc) is 2.37. The molecule has 0 bridgehead atoms. The van der Waals surface area contributed by atoms with E-state index in [1.165, 1.54) is 0 Å². The van der Waals surface area contributed by atoms with Crippen LogP contribution < -0.4 is 5.32 Å². The Labute approximate surface area is 124 Å². The Kier molecular flexibility index (Phi) is 4.45. The quantitative estimate of drug-likeness (QED) is 0.866. The summed E-state index contributed by atoms with van der Waals surface area (Å²) in [6.45, 7) is 0.649. The van der Waals surface area contributed by atoms with Gasteiger partial charge in [0.25, 0.3) is 0 Å². The van der Waals surface area contributed by atoms with E-state index < -0.39 is 5.97 Å². The van der Waals surface area contributed by atoms with Crippen LogP contribution in [0.2, 0.25) is 5.02 Å². The zero-order chi connectivity index (χ0) is 13.8. The number of hydrogen-bond acceptors (Lipinski definition) is 2. The number of carboxylic acids is 1. The van der Waals surface area contributed by atoms with Crippen molar-refractivity contribution in [3.05, 3.63) is 63.1 Å². The standard InChI is InChI=1S/C14H11BrClNO2/c15-13-7-11(5-6-12(13)14(18)19)17-8-9-1-3-10(16)4-2-9/h1-7,17H,8H2,(H,18,19). The second-order valence-electron chi connectivity index (χ2n) is 3.98. The van der Waals surface area contributed by atoms with E-state index in [-0.39, 0.29) is 5.56 Å². The fourth-order valence-corrected chi connectivity index (χ4v) is 2.28. The lowest BCUT2D eigenvalue weighted by Gasteiger charge is -2.08. The molecule has 98 valence electrons. The molecule has 2 aromatic carbocycles. The van der Waals surface area contributed by atoms with Gasteiger partial charge < -0.3 is 10.4 Å². The first-order chi connectivity index (χ1) is 9.06. The normalized spacial score (nSPS) is 10.2. The molecule has 0 fully saturated rings. The molecule has 2 aromatic rings. The Balaban J connectivity index is 2.06. The lowest BCUT2D eigenvalue weighted by molar-refractivity contribution is 0.0696. The van der Waals surface area contributed by atoms with Crippen LogP contribution in [-0.4, -0.2) is 11.1 Å². The second kappa shape index (κ2) is 6.08. The maximum Gasteiger partial charge on any atom is 0.336 e. The molecule has 5 heteroatoms. The lowest BCUT2D eigenvalue weighted by Crippen LogP contribution is -2.01. The van der Waals surface area contributed by atoms with E-state index >= 15 is 0 Å². The van der Waals surface area contributed by atoms with Crippen LogP contribution in [0.5, 0.6) is 0 Å². The number of aromatic carboxylic acids is 1. The minimum Gasteiger partial charge on any atom is -0.478 e. The largest absolute Gasteiger partial charge is 0.478 e. The van der Waals surface area contributed by atoms with E-state index in [2.05, 4.69) is 21.2 Å². The third-order valence-electron chi connectivity index (χ3n) is 2.61. The van der Waals surface area contributed by atoms with Crippen LogP contribution in [0.25, 0.3) is 0 Å². The molecule has 0 aliphatic heterocycles. The van der Waals surface area contributed by atoms with E-state index in [9.17, 15) is 4.79 Å². The zero-order valence-electron chi connectivity index (χ0n) is 9.86. The molecule has 2 rings (SSSR count). The molecule has 0 saturated carbocycles. The van der Waals surface area contributed by atoms with Crippen molar-refractivity contribution >= 4 is 39.2 Å². The molecule has 0 aliphatic rings. The molecule has 19 heavy (non-hydrogen) atoms. The summed E-state index contributed by atoms with van der Waals surface area (Å²) in [6.07, 6.45) is 0. The summed E-state index contributed by atoms with van der Waals surface area (Å²) >= 11 is 9.06. The van der Waals surface area contributed by atoms with Gasteiger partial charge >= 0.3 is 5.97 Å². The van der Waals surface area contributed by atoms with Crippen molar-refractivity contribution in [2.24, 2.45) is 0 Å². The van der Waals surface area contributed by atoms with Gasteiger partial charge in [-0.05, 0) is 51.8 Å². The molecule has 0 aliphatic carbocycles. The molecular formula is C14H11BrClNO2. The molecule has 0 atom stereocenters. The third kappa shape index (κ3) is 3.72. The number of anilines is 1. The number of carbonyl (C=O) groups is 1. The van der Waals surface area contributed by atoms with Crippen molar-refractivity contribution in [1.29, 1.82) is 0 Å². The number of benzene rings is 2. The highest BCUT2D eigenvalue weighted by molar-refractivity contribution is 9.10. The Hall–Kier alpha value is -1.52. The number of nitrogens with one attached hydrogen (secondary N) is 1. The Morgan fingerprint density at radius 1 is 1.21 bits per heavy atom. The van der Waals surface area contributed by atoms with Gasteiger partial charge in [0.1, 0.15) is 0 Å². The van der Waals surface area contributed by atoms with Gasteiger partial charge in [-0.15, -0.1) is 0 Å². The van der Waals surface area contributed by atoms with Gasteiger partial charge in [-0.3, -0.25) is 0 Å². The molecule has 0 amide bonds. The van der Waals surface area contributed by atoms with E-state index in [1.54, 1.807) is 18.2 Å². The van der Waals surface area contributed by atoms with Gasteiger partial charge in [0, 0.05) is 21.7 Å². The van der Waals surface area contributed by atoms with Crippen LogP contribution in [-0.2, 0) is 6.54 Å². The van der Waals surface area contributed by atoms with Crippen molar-refractivity contribution in [1.82, 2.24) is 0 Å². The van der Waals surface area contributed by atoms with Crippen LogP contribution in [0.1, 0.15) is 15.9 Å². The fraction of sp³-hybridized carbons (Fsp3) is 0.0714. The first-order valence-corrected chi connectivity index (χ1v) is 6.74. The molecule has 0 heterocycles. The van der Waals surface area contributed by atoms with E-state index in [0.29, 0.717) is 16.0 Å². The van der Waals surface area contributed by atoms with Crippen LogP contribution >= 0.6 is 27.5 Å². The molecule has 0 aromatic heterocycles. The van der Waals surface area contributed by atoms with Gasteiger partial charge in [0.2, 0.25) is 0 Å². The second-order valence-corrected chi connectivity index (χ2v) is 5.27. The summed E-state index contributed by atoms with van der Waals surface area (Å²) in [7, 11) is 0. The number of rotatable bonds is 4. The molecule has 0 saturated heterocycles. The van der Waals surface area contributed by atoms with Crippen molar-refractivity contribution in [2.75, 3.05) is 5.32 Å². The molecule has 2 N–H and O–H groups in total. The van der Waals surface area contributed by atoms with Crippen molar-refractivity contribution in [2.45, 2.75) is 6.54 Å². The van der Waals surface area contributed by atoms with Gasteiger partial charge in [-0.1, -0.05) is 23.7 Å². The first kappa shape index (κ1) is 13.9. The van der Waals surface area contributed by atoms with Crippen LogP contribution in [0.15, 0.2) is 46.9 Å². The molecular weight excluding hydrogens is 330 g/mol. The highest BCUT2D eigenvalue weighted by Crippen LogP contribution is 2.22. The summed E-state index contributed by atoms with van der Waals surface area (Å²) in [4.78, 5) is 10.9. The smallest absolute Gasteiger partial charge is 0.336 e. The number of hydrogen-bond donors (Lipinski definition) is 2. The van der Waals surface area contributed by atoms with Crippen molar-refractivity contribution in [3.63, 3.8) is 0 Å². The summed E-state index contributed by atoms with van der Waals surface area (Å²) < 4.78 is 0.557. The minimum atomic E-state index is -0.948. The van der Waals surface area contributed by atoms with Gasteiger partial charge in [-0.25, -0.2) is 4.79 Å². The lowest BCUT2D eigenvalue weighted by atomic mass is 10.2. The maximum absolute atomic E-state index is 10.9. The van der Waals surface area contributed by atoms with Crippen LogP contribution in [0, 0.1) is 0 Å². The fourth-order valence-electron chi connectivity index (χ4n) is 1.60. The Morgan fingerprint density at radius 3 is 2.47 bits per heavy atom. The van der Waals surface area contributed by atoms with Crippen molar-refractivity contribution < 1.29 is 9.90 Å². The first-order valence-electron chi connectivity index (χ1n) is 5.57. The molecule has 0 unspecified atom stereocenters. The molecule has 0 radical (unpaired) electrons. The predicted octanol–water partition coefficient (Wildman–Crippen LogP) is 4.41. The number of halogens is 2. The molecule has 0 spiro atoms. The summed E-state index contributed by atoms with van der Waals surface area (Å²) in [5.74, 6) is -0.948. The summed E-state index contributed by atoms with van der Waals surface area (Å²) in [5.41, 5.74) is 2.20. The van der Waals surface area contributed by atoms with E-state index in [0.717, 1.165) is 11.3 Å². The minimum absolute atomic E-state index is 0.247. The monoisotopic (exact) mass is 339 g/mol. The summed E-state index contributed by atoms with van der Waals surface area (Å²) in [5, 5.41) is 12.9. The Morgan fingerprint density at radius 2 is 1.89 bits per heavy atom. The predicted molar refractivity (Wildman–Crippen MR) is 79.9 cm³/mol. The van der Waals surface area contributed by atoms with Crippen LogP contribution in [0.3, 0.4) is 0 Å². The Bertz CT molecular complexity index is 599. The summed E-state index contributed by atoms with van der Waals surface area (Å²) in [6, 6.07) is 12.6. The number of carboxylic acid groups (broad SMARTS) is 1. The van der Waals surface area contributed by atoms with Gasteiger partial charge in [0.05, 0.1) is 5.56 Å². The van der Waals surface area contributed by atoms with Crippen LogP contribution in [0.4, 0.5) is 5.69 Å². The van der Waals surface area contributed by atoms with E-state index in [1.807, 2.05) is 24.3 Å². The highest BCUT2D eigenvalue weighted by Gasteiger charge is 2.08. The van der Waals surface area contributed by atoms with Gasteiger partial charge in [0.15, 0.2) is 0 Å². The van der Waals surface area contributed by atoms with Gasteiger partial charge in [-0.2, -0.15) is 0 Å². The maximum atomic E-state index is 10.9.